The van der Waals surface area contributed by atoms with Gasteiger partial charge in [0.15, 0.2) is 5.75 Å². The molecular formula is C20H27Cl2FN2O2. The minimum Gasteiger partial charge on any atom is -0.487 e. The third kappa shape index (κ3) is 5.72. The highest BCUT2D eigenvalue weighted by atomic mass is 35.5. The molecule has 0 aromatic heterocycles. The lowest BCUT2D eigenvalue weighted by atomic mass is 9.80. The van der Waals surface area contributed by atoms with E-state index in [1.54, 1.807) is 0 Å². The average Bonchev–Trinajstić information content (AvgIpc) is 2.64. The fourth-order valence-corrected chi connectivity index (χ4v) is 4.71. The molecule has 1 aliphatic carbocycles. The third-order valence-electron chi connectivity index (χ3n) is 5.88. The maximum absolute atomic E-state index is 13.3. The number of halogens is 3. The van der Waals surface area contributed by atoms with Crippen molar-refractivity contribution in [2.45, 2.75) is 51.0 Å². The minimum atomic E-state index is -0.461. The summed E-state index contributed by atoms with van der Waals surface area (Å²) in [4.78, 5) is 13.7. The van der Waals surface area contributed by atoms with Gasteiger partial charge < -0.3 is 15.4 Å². The predicted octanol–water partition coefficient (Wildman–Crippen LogP) is 4.66. The molecule has 27 heavy (non-hydrogen) atoms. The first-order chi connectivity index (χ1) is 12.9. The van der Waals surface area contributed by atoms with Crippen molar-refractivity contribution in [1.82, 2.24) is 4.90 Å². The van der Waals surface area contributed by atoms with Crippen LogP contribution >= 0.6 is 23.2 Å². The summed E-state index contributed by atoms with van der Waals surface area (Å²) in [5.74, 6) is 0.559. The number of carbonyl (C=O) groups is 1. The van der Waals surface area contributed by atoms with Gasteiger partial charge in [-0.15, -0.1) is 0 Å². The summed E-state index contributed by atoms with van der Waals surface area (Å²) in [5, 5.41) is 0.433. The van der Waals surface area contributed by atoms with Gasteiger partial charge in [-0.05, 0) is 69.5 Å². The van der Waals surface area contributed by atoms with Crippen molar-refractivity contribution in [3.63, 3.8) is 0 Å². The fraction of sp³-hybridized carbons (Fsp3) is 0.650. The van der Waals surface area contributed by atoms with E-state index in [9.17, 15) is 9.18 Å². The number of hydrogen-bond acceptors (Lipinski definition) is 3. The molecule has 4 nitrogen and oxygen atoms in total. The van der Waals surface area contributed by atoms with Crippen LogP contribution in [-0.4, -0.2) is 36.5 Å². The first-order valence-corrected chi connectivity index (χ1v) is 10.5. The summed E-state index contributed by atoms with van der Waals surface area (Å²) in [6.07, 6.45) is 7.12. The van der Waals surface area contributed by atoms with E-state index in [0.29, 0.717) is 11.7 Å². The Morgan fingerprint density at radius 1 is 1.11 bits per heavy atom. The van der Waals surface area contributed by atoms with Crippen LogP contribution in [0.15, 0.2) is 12.1 Å². The van der Waals surface area contributed by atoms with E-state index >= 15 is 0 Å². The van der Waals surface area contributed by atoms with E-state index in [4.69, 9.17) is 33.7 Å². The summed E-state index contributed by atoms with van der Waals surface area (Å²) in [6, 6.07) is 2.45. The number of nitrogens with two attached hydrogens (primary N) is 1. The second-order valence-electron chi connectivity index (χ2n) is 7.77. The number of rotatable bonds is 6. The highest BCUT2D eigenvalue weighted by Crippen LogP contribution is 2.36. The van der Waals surface area contributed by atoms with Crippen molar-refractivity contribution in [3.8, 4) is 5.75 Å². The lowest BCUT2D eigenvalue weighted by molar-refractivity contribution is -0.123. The van der Waals surface area contributed by atoms with Crippen LogP contribution in [0.5, 0.6) is 5.75 Å². The van der Waals surface area contributed by atoms with E-state index in [-0.39, 0.29) is 28.0 Å². The average molecular weight is 417 g/mol. The Kier molecular flexibility index (Phi) is 7.23. The van der Waals surface area contributed by atoms with Gasteiger partial charge in [0.25, 0.3) is 0 Å². The molecule has 0 radical (unpaired) electrons. The number of benzene rings is 1. The van der Waals surface area contributed by atoms with Crippen LogP contribution in [0.1, 0.15) is 44.9 Å². The smallest absolute Gasteiger partial charge is 0.220 e. The molecule has 1 aromatic carbocycles. The maximum Gasteiger partial charge on any atom is 0.220 e. The van der Waals surface area contributed by atoms with Crippen molar-refractivity contribution in [3.05, 3.63) is 28.0 Å². The van der Waals surface area contributed by atoms with E-state index in [2.05, 4.69) is 4.90 Å². The largest absolute Gasteiger partial charge is 0.487 e. The number of amides is 1. The molecule has 3 rings (SSSR count). The normalized spacial score (nSPS) is 24.7. The van der Waals surface area contributed by atoms with Gasteiger partial charge in [-0.1, -0.05) is 23.2 Å². The molecule has 150 valence electrons. The molecule has 2 fully saturated rings. The van der Waals surface area contributed by atoms with Crippen LogP contribution in [0, 0.1) is 17.7 Å². The Morgan fingerprint density at radius 3 is 2.26 bits per heavy atom. The summed E-state index contributed by atoms with van der Waals surface area (Å²) in [7, 11) is 0. The Balaban J connectivity index is 1.39. The molecule has 0 spiro atoms. The van der Waals surface area contributed by atoms with Crippen molar-refractivity contribution < 1.29 is 13.9 Å². The van der Waals surface area contributed by atoms with E-state index in [0.717, 1.165) is 58.2 Å². The molecule has 0 bridgehead atoms. The molecule has 1 aliphatic heterocycles. The molecule has 2 aliphatic rings. The maximum atomic E-state index is 13.3. The van der Waals surface area contributed by atoms with Crippen molar-refractivity contribution in [1.29, 1.82) is 0 Å². The zero-order valence-corrected chi connectivity index (χ0v) is 16.9. The van der Waals surface area contributed by atoms with Gasteiger partial charge in [0.2, 0.25) is 5.91 Å². The van der Waals surface area contributed by atoms with Gasteiger partial charge in [-0.2, -0.15) is 0 Å². The number of likely N-dealkylation sites (tertiary alicyclic amines) is 1. The van der Waals surface area contributed by atoms with E-state index in [1.807, 2.05) is 0 Å². The number of hydrogen-bond donors (Lipinski definition) is 1. The highest BCUT2D eigenvalue weighted by Gasteiger charge is 2.26. The van der Waals surface area contributed by atoms with E-state index in [1.165, 1.54) is 18.6 Å². The molecule has 1 saturated heterocycles. The number of primary amides is 1. The molecule has 0 atom stereocenters. The summed E-state index contributed by atoms with van der Waals surface area (Å²) < 4.78 is 19.2. The molecule has 1 heterocycles. The Hall–Kier alpha value is -1.04. The van der Waals surface area contributed by atoms with E-state index < -0.39 is 5.82 Å². The van der Waals surface area contributed by atoms with Crippen molar-refractivity contribution in [2.24, 2.45) is 17.6 Å². The molecular weight excluding hydrogens is 390 g/mol. The van der Waals surface area contributed by atoms with Gasteiger partial charge in [-0.3, -0.25) is 4.79 Å². The van der Waals surface area contributed by atoms with Gasteiger partial charge in [0.1, 0.15) is 11.9 Å². The van der Waals surface area contributed by atoms with Crippen molar-refractivity contribution >= 4 is 29.1 Å². The predicted molar refractivity (Wildman–Crippen MR) is 106 cm³/mol. The molecule has 2 N–H and O–H groups in total. The minimum absolute atomic E-state index is 0.0488. The zero-order chi connectivity index (χ0) is 19.4. The molecule has 1 amide bonds. The Labute approximate surface area is 170 Å². The van der Waals surface area contributed by atoms with Crippen LogP contribution in [0.3, 0.4) is 0 Å². The second-order valence-corrected chi connectivity index (χ2v) is 8.58. The number of carbonyl (C=O) groups excluding carboxylic acids is 1. The van der Waals surface area contributed by atoms with Crippen LogP contribution in [0.25, 0.3) is 0 Å². The molecule has 1 aromatic rings. The summed E-state index contributed by atoms with van der Waals surface area (Å²) in [5.41, 5.74) is 5.40. The van der Waals surface area contributed by atoms with Crippen LogP contribution in [0.4, 0.5) is 4.39 Å². The first kappa shape index (κ1) is 20.7. The number of ether oxygens (including phenoxy) is 1. The highest BCUT2D eigenvalue weighted by molar-refractivity contribution is 6.37. The van der Waals surface area contributed by atoms with Gasteiger partial charge >= 0.3 is 0 Å². The van der Waals surface area contributed by atoms with Crippen LogP contribution in [0.2, 0.25) is 10.0 Å². The first-order valence-electron chi connectivity index (χ1n) is 9.75. The Morgan fingerprint density at radius 2 is 1.70 bits per heavy atom. The SMILES string of the molecule is NC(=O)C1CCC(CCN2CCC(Oc3c(Cl)cc(F)cc3Cl)CC2)CC1. The fourth-order valence-electron chi connectivity index (χ4n) is 4.16. The number of piperidine rings is 1. The molecule has 1 saturated carbocycles. The third-order valence-corrected chi connectivity index (χ3v) is 6.45. The monoisotopic (exact) mass is 416 g/mol. The van der Waals surface area contributed by atoms with Gasteiger partial charge in [0, 0.05) is 19.0 Å². The number of nitrogens with zero attached hydrogens (tertiary/aromatic N) is 1. The Bertz CT molecular complexity index is 634. The van der Waals surface area contributed by atoms with Crippen LogP contribution < -0.4 is 10.5 Å². The molecule has 7 heteroatoms. The quantitative estimate of drug-likeness (QED) is 0.733. The van der Waals surface area contributed by atoms with Gasteiger partial charge in [-0.25, -0.2) is 4.39 Å². The van der Waals surface area contributed by atoms with Gasteiger partial charge in [0.05, 0.1) is 10.0 Å². The second kappa shape index (κ2) is 9.44. The standard InChI is InChI=1S/C20H27Cl2FN2O2/c21-17-11-15(23)12-18(22)19(17)27-16-6-9-25(10-7-16)8-5-13-1-3-14(4-2-13)20(24)26/h11-14,16H,1-10H2,(H2,24,26). The lowest BCUT2D eigenvalue weighted by Gasteiger charge is -2.34. The van der Waals surface area contributed by atoms with Crippen LogP contribution in [-0.2, 0) is 4.79 Å². The topological polar surface area (TPSA) is 55.6 Å². The summed E-state index contributed by atoms with van der Waals surface area (Å²) >= 11 is 12.1. The molecule has 0 unspecified atom stereocenters. The van der Waals surface area contributed by atoms with Crippen molar-refractivity contribution in [2.75, 3.05) is 19.6 Å². The zero-order valence-electron chi connectivity index (χ0n) is 15.4. The summed E-state index contributed by atoms with van der Waals surface area (Å²) in [6.45, 7) is 3.02. The lowest BCUT2D eigenvalue weighted by Crippen LogP contribution is -2.39.